The lowest BCUT2D eigenvalue weighted by Crippen LogP contribution is -2.47. The predicted octanol–water partition coefficient (Wildman–Crippen LogP) is 2.95. The summed E-state index contributed by atoms with van der Waals surface area (Å²) in [6, 6.07) is 6.18. The van der Waals surface area contributed by atoms with Crippen LogP contribution in [0.2, 0.25) is 5.02 Å². The molecule has 4 heterocycles. The Morgan fingerprint density at radius 2 is 2.07 bits per heavy atom. The number of aryl methyl sites for hydroxylation is 1. The normalized spacial score (nSPS) is 18.3. The maximum Gasteiger partial charge on any atom is 0.407 e. The van der Waals surface area contributed by atoms with Crippen LogP contribution in [-0.4, -0.2) is 46.1 Å². The summed E-state index contributed by atoms with van der Waals surface area (Å²) in [5.41, 5.74) is 9.44. The average molecular weight is 413 g/mol. The van der Waals surface area contributed by atoms with Gasteiger partial charge in [0.25, 0.3) is 0 Å². The van der Waals surface area contributed by atoms with E-state index in [2.05, 4.69) is 26.4 Å². The van der Waals surface area contributed by atoms with E-state index in [0.29, 0.717) is 30.5 Å². The van der Waals surface area contributed by atoms with Gasteiger partial charge in [0.2, 0.25) is 0 Å². The van der Waals surface area contributed by atoms with Crippen LogP contribution in [0, 0.1) is 0 Å². The highest BCUT2D eigenvalue weighted by Crippen LogP contribution is 2.42. The molecule has 0 saturated carbocycles. The number of nitrogen functional groups attached to an aromatic ring is 1. The zero-order chi connectivity index (χ0) is 20.2. The quantitative estimate of drug-likeness (QED) is 0.671. The molecule has 1 amide bonds. The lowest BCUT2D eigenvalue weighted by molar-refractivity contribution is 0.0367. The standard InChI is InChI=1S/C20H21ClN6O2/c1-26-15-8-12(2-3-13(15)9-25-26)14-10-23-18(22)16(21)17(14)27-6-4-20(5-7-27)11-24-19(28)29-20/h2-3,8-10H,4-7,11H2,1H3,(H2,22,23)(H,24,28). The van der Waals surface area contributed by atoms with E-state index < -0.39 is 5.60 Å². The molecular formula is C20H21ClN6O2. The van der Waals surface area contributed by atoms with Crippen molar-refractivity contribution in [3.63, 3.8) is 0 Å². The summed E-state index contributed by atoms with van der Waals surface area (Å²) < 4.78 is 7.38. The molecule has 3 aromatic rings. The molecular weight excluding hydrogens is 392 g/mol. The van der Waals surface area contributed by atoms with Gasteiger partial charge in [-0.1, -0.05) is 23.7 Å². The number of pyridine rings is 1. The van der Waals surface area contributed by atoms with E-state index in [9.17, 15) is 4.79 Å². The average Bonchev–Trinajstić information content (AvgIpc) is 3.27. The first kappa shape index (κ1) is 18.1. The Hall–Kier alpha value is -3.00. The molecule has 2 saturated heterocycles. The molecule has 5 rings (SSSR count). The number of carbonyl (C=O) groups excluding carboxylic acids is 1. The number of fused-ring (bicyclic) bond motifs is 1. The van der Waals surface area contributed by atoms with Gasteiger partial charge in [0.15, 0.2) is 0 Å². The Morgan fingerprint density at radius 1 is 1.28 bits per heavy atom. The Labute approximate surface area is 172 Å². The van der Waals surface area contributed by atoms with Crippen molar-refractivity contribution >= 4 is 40.1 Å². The summed E-state index contributed by atoms with van der Waals surface area (Å²) in [6.07, 6.45) is 4.73. The van der Waals surface area contributed by atoms with Crippen molar-refractivity contribution in [3.8, 4) is 11.1 Å². The number of ether oxygens (including phenoxy) is 1. The van der Waals surface area contributed by atoms with E-state index in [4.69, 9.17) is 22.1 Å². The number of nitrogens with zero attached hydrogens (tertiary/aromatic N) is 4. The molecule has 8 nitrogen and oxygen atoms in total. The van der Waals surface area contributed by atoms with E-state index in [1.54, 1.807) is 6.20 Å². The van der Waals surface area contributed by atoms with Crippen molar-refractivity contribution in [1.29, 1.82) is 0 Å². The molecule has 3 N–H and O–H groups in total. The number of nitrogens with two attached hydrogens (primary N) is 1. The molecule has 2 aromatic heterocycles. The molecule has 0 radical (unpaired) electrons. The van der Waals surface area contributed by atoms with Gasteiger partial charge in [-0.05, 0) is 11.6 Å². The monoisotopic (exact) mass is 412 g/mol. The van der Waals surface area contributed by atoms with Gasteiger partial charge in [0.05, 0.1) is 23.9 Å². The Bertz CT molecular complexity index is 1120. The SMILES string of the molecule is Cn1ncc2ccc(-c3cnc(N)c(Cl)c3N3CCC4(CC3)CNC(=O)O4)cc21. The fraction of sp³-hybridized carbons (Fsp3) is 0.350. The van der Waals surface area contributed by atoms with Crippen molar-refractivity contribution in [2.75, 3.05) is 30.3 Å². The third-order valence-electron chi connectivity index (χ3n) is 5.94. The van der Waals surface area contributed by atoms with Gasteiger partial charge < -0.3 is 20.7 Å². The van der Waals surface area contributed by atoms with Gasteiger partial charge in [-0.3, -0.25) is 4.68 Å². The predicted molar refractivity (Wildman–Crippen MR) is 112 cm³/mol. The number of hydrogen-bond acceptors (Lipinski definition) is 6. The molecule has 150 valence electrons. The number of alkyl carbamates (subject to hydrolysis) is 1. The number of nitrogens with one attached hydrogen (secondary N) is 1. The number of rotatable bonds is 2. The second-order valence-corrected chi connectivity index (χ2v) is 8.05. The minimum atomic E-state index is -0.424. The van der Waals surface area contributed by atoms with Crippen LogP contribution >= 0.6 is 11.6 Å². The Kier molecular flexibility index (Phi) is 4.06. The summed E-state index contributed by atoms with van der Waals surface area (Å²) in [6.45, 7) is 1.97. The summed E-state index contributed by atoms with van der Waals surface area (Å²) in [5, 5.41) is 8.61. The number of carbonyl (C=O) groups is 1. The Balaban J connectivity index is 1.53. The number of benzene rings is 1. The van der Waals surface area contributed by atoms with E-state index in [1.807, 2.05) is 30.1 Å². The van der Waals surface area contributed by atoms with Crippen molar-refractivity contribution in [2.24, 2.45) is 7.05 Å². The third-order valence-corrected chi connectivity index (χ3v) is 6.31. The number of amides is 1. The number of halogens is 1. The molecule has 0 atom stereocenters. The molecule has 0 unspecified atom stereocenters. The van der Waals surface area contributed by atoms with Crippen molar-refractivity contribution < 1.29 is 9.53 Å². The van der Waals surface area contributed by atoms with E-state index in [0.717, 1.165) is 40.6 Å². The summed E-state index contributed by atoms with van der Waals surface area (Å²) in [4.78, 5) is 18.0. The fourth-order valence-corrected chi connectivity index (χ4v) is 4.51. The maximum atomic E-state index is 11.5. The third kappa shape index (κ3) is 2.95. The first-order valence-electron chi connectivity index (χ1n) is 9.54. The van der Waals surface area contributed by atoms with Gasteiger partial charge in [0, 0.05) is 50.1 Å². The highest BCUT2D eigenvalue weighted by Gasteiger charge is 2.43. The smallest absolute Gasteiger partial charge is 0.407 e. The first-order valence-corrected chi connectivity index (χ1v) is 9.91. The van der Waals surface area contributed by atoms with Gasteiger partial charge in [-0.25, -0.2) is 9.78 Å². The minimum absolute atomic E-state index is 0.307. The van der Waals surface area contributed by atoms with E-state index in [1.165, 1.54) is 0 Å². The van der Waals surface area contributed by atoms with Gasteiger partial charge in [-0.15, -0.1) is 0 Å². The zero-order valence-corrected chi connectivity index (χ0v) is 16.7. The summed E-state index contributed by atoms with van der Waals surface area (Å²) >= 11 is 6.64. The number of piperidine rings is 1. The van der Waals surface area contributed by atoms with Gasteiger partial charge in [-0.2, -0.15) is 5.10 Å². The molecule has 9 heteroatoms. The number of hydrogen-bond donors (Lipinski definition) is 2. The van der Waals surface area contributed by atoms with Crippen LogP contribution in [0.1, 0.15) is 12.8 Å². The summed E-state index contributed by atoms with van der Waals surface area (Å²) in [5.74, 6) is 0.307. The van der Waals surface area contributed by atoms with Crippen LogP contribution in [0.4, 0.5) is 16.3 Å². The molecule has 0 aliphatic carbocycles. The van der Waals surface area contributed by atoms with Crippen LogP contribution in [-0.2, 0) is 11.8 Å². The van der Waals surface area contributed by atoms with Crippen LogP contribution < -0.4 is 16.0 Å². The van der Waals surface area contributed by atoms with Crippen LogP contribution in [0.3, 0.4) is 0 Å². The van der Waals surface area contributed by atoms with Gasteiger partial charge >= 0.3 is 6.09 Å². The first-order chi connectivity index (χ1) is 14.0. The largest absolute Gasteiger partial charge is 0.441 e. The van der Waals surface area contributed by atoms with E-state index >= 15 is 0 Å². The van der Waals surface area contributed by atoms with Gasteiger partial charge in [0.1, 0.15) is 16.4 Å². The maximum absolute atomic E-state index is 11.5. The van der Waals surface area contributed by atoms with Crippen molar-refractivity contribution in [1.82, 2.24) is 20.1 Å². The molecule has 2 fully saturated rings. The van der Waals surface area contributed by atoms with Crippen LogP contribution in [0.15, 0.2) is 30.6 Å². The second kappa shape index (κ2) is 6.52. The topological polar surface area (TPSA) is 98.3 Å². The van der Waals surface area contributed by atoms with Crippen molar-refractivity contribution in [3.05, 3.63) is 35.6 Å². The Morgan fingerprint density at radius 3 is 2.79 bits per heavy atom. The zero-order valence-electron chi connectivity index (χ0n) is 16.0. The number of aromatic nitrogens is 3. The van der Waals surface area contributed by atoms with E-state index in [-0.39, 0.29) is 6.09 Å². The molecule has 1 aromatic carbocycles. The molecule has 0 bridgehead atoms. The lowest BCUT2D eigenvalue weighted by atomic mass is 9.91. The van der Waals surface area contributed by atoms with Crippen LogP contribution in [0.25, 0.3) is 22.0 Å². The lowest BCUT2D eigenvalue weighted by Gasteiger charge is -2.39. The summed E-state index contributed by atoms with van der Waals surface area (Å²) in [7, 11) is 1.92. The molecule has 2 aliphatic heterocycles. The molecule has 29 heavy (non-hydrogen) atoms. The van der Waals surface area contributed by atoms with Crippen molar-refractivity contribution in [2.45, 2.75) is 18.4 Å². The molecule has 2 aliphatic rings. The van der Waals surface area contributed by atoms with Crippen LogP contribution in [0.5, 0.6) is 0 Å². The highest BCUT2D eigenvalue weighted by molar-refractivity contribution is 6.36. The fourth-order valence-electron chi connectivity index (χ4n) is 4.24. The number of anilines is 2. The molecule has 1 spiro atoms. The minimum Gasteiger partial charge on any atom is -0.441 e. The highest BCUT2D eigenvalue weighted by atomic mass is 35.5. The second-order valence-electron chi connectivity index (χ2n) is 7.67.